The molecular weight excluding hydrogens is 264 g/mol. The van der Waals surface area contributed by atoms with E-state index in [1.54, 1.807) is 12.0 Å². The van der Waals surface area contributed by atoms with Crippen molar-refractivity contribution in [2.24, 2.45) is 5.92 Å². The van der Waals surface area contributed by atoms with E-state index in [2.05, 4.69) is 5.32 Å². The summed E-state index contributed by atoms with van der Waals surface area (Å²) in [6.45, 7) is 3.06. The molecule has 2 amide bonds. The number of amides is 2. The number of hydrogen-bond acceptors (Lipinski definition) is 4. The Hall–Kier alpha value is -1.63. The maximum atomic E-state index is 12.0. The average Bonchev–Trinajstić information content (AvgIpc) is 2.77. The summed E-state index contributed by atoms with van der Waals surface area (Å²) < 4.78 is 4.90. The molecule has 1 aliphatic rings. The van der Waals surface area contributed by atoms with Crippen molar-refractivity contribution in [2.45, 2.75) is 32.2 Å². The zero-order valence-corrected chi connectivity index (χ0v) is 11.9. The molecule has 0 bridgehead atoms. The summed E-state index contributed by atoms with van der Waals surface area (Å²) in [5.41, 5.74) is 0. The van der Waals surface area contributed by atoms with Gasteiger partial charge in [0.05, 0.1) is 12.5 Å². The largest absolute Gasteiger partial charge is 0.480 e. The smallest absolute Gasteiger partial charge is 0.326 e. The quantitative estimate of drug-likeness (QED) is 0.647. The number of nitrogens with one attached hydrogen (secondary N) is 1. The highest BCUT2D eigenvalue weighted by atomic mass is 16.5. The van der Waals surface area contributed by atoms with Crippen molar-refractivity contribution in [3.05, 3.63) is 0 Å². The van der Waals surface area contributed by atoms with E-state index in [1.807, 2.05) is 6.92 Å². The second-order valence-corrected chi connectivity index (χ2v) is 4.92. The molecule has 0 aromatic rings. The molecule has 1 saturated heterocycles. The van der Waals surface area contributed by atoms with Gasteiger partial charge < -0.3 is 20.1 Å². The van der Waals surface area contributed by atoms with Crippen LogP contribution in [-0.4, -0.2) is 60.6 Å². The Morgan fingerprint density at radius 2 is 2.25 bits per heavy atom. The lowest BCUT2D eigenvalue weighted by molar-refractivity contribution is -0.142. The maximum absolute atomic E-state index is 12.0. The van der Waals surface area contributed by atoms with Crippen molar-refractivity contribution in [3.8, 4) is 0 Å². The van der Waals surface area contributed by atoms with Gasteiger partial charge in [-0.25, -0.2) is 4.79 Å². The lowest BCUT2D eigenvalue weighted by Crippen LogP contribution is -2.44. The Balaban J connectivity index is 2.52. The minimum Gasteiger partial charge on any atom is -0.480 e. The molecule has 0 saturated carbocycles. The number of methoxy groups -OCH3 is 1. The van der Waals surface area contributed by atoms with Gasteiger partial charge in [0.15, 0.2) is 0 Å². The fourth-order valence-corrected chi connectivity index (χ4v) is 2.20. The average molecular weight is 286 g/mol. The van der Waals surface area contributed by atoms with Gasteiger partial charge in [0.2, 0.25) is 11.8 Å². The molecule has 2 atom stereocenters. The maximum Gasteiger partial charge on any atom is 0.326 e. The summed E-state index contributed by atoms with van der Waals surface area (Å²) in [5, 5.41) is 11.5. The first-order valence-corrected chi connectivity index (χ1v) is 6.79. The first-order valence-electron chi connectivity index (χ1n) is 6.79. The van der Waals surface area contributed by atoms with Crippen LogP contribution in [0.15, 0.2) is 0 Å². The molecule has 20 heavy (non-hydrogen) atoms. The van der Waals surface area contributed by atoms with E-state index in [0.29, 0.717) is 32.5 Å². The first kappa shape index (κ1) is 16.4. The highest BCUT2D eigenvalue weighted by Crippen LogP contribution is 2.18. The summed E-state index contributed by atoms with van der Waals surface area (Å²) in [6, 6.07) is -0.879. The van der Waals surface area contributed by atoms with Crippen LogP contribution < -0.4 is 5.32 Å². The third kappa shape index (κ3) is 4.48. The molecule has 0 spiro atoms. The lowest BCUT2D eigenvalue weighted by atomic mass is 10.1. The number of likely N-dealkylation sites (tertiary alicyclic amines) is 1. The number of rotatable bonds is 8. The molecular formula is C13H22N2O5. The number of aliphatic carboxylic acids is 1. The lowest BCUT2D eigenvalue weighted by Gasteiger charge is -2.18. The van der Waals surface area contributed by atoms with E-state index in [0.717, 1.165) is 0 Å². The van der Waals surface area contributed by atoms with E-state index in [1.165, 1.54) is 0 Å². The number of carbonyl (C=O) groups is 3. The zero-order chi connectivity index (χ0) is 15.1. The number of carboxylic acids is 1. The Morgan fingerprint density at radius 3 is 2.80 bits per heavy atom. The molecule has 1 unspecified atom stereocenters. The Kier molecular flexibility index (Phi) is 6.44. The summed E-state index contributed by atoms with van der Waals surface area (Å²) in [7, 11) is 1.55. The molecule has 0 aromatic heterocycles. The molecule has 0 aromatic carbocycles. The monoisotopic (exact) mass is 286 g/mol. The van der Waals surface area contributed by atoms with Gasteiger partial charge in [-0.2, -0.15) is 0 Å². The normalized spacial score (nSPS) is 20.0. The van der Waals surface area contributed by atoms with Gasteiger partial charge in [-0.1, -0.05) is 13.3 Å². The van der Waals surface area contributed by atoms with Crippen molar-refractivity contribution < 1.29 is 24.2 Å². The van der Waals surface area contributed by atoms with Crippen molar-refractivity contribution in [1.82, 2.24) is 10.2 Å². The van der Waals surface area contributed by atoms with Gasteiger partial charge in [-0.15, -0.1) is 0 Å². The van der Waals surface area contributed by atoms with Gasteiger partial charge in [0, 0.05) is 26.6 Å². The number of ether oxygens (including phenoxy) is 1. The SMILES string of the molecule is CCC[C@H](NC(=O)C1CC(=O)N(CCOC)C1)C(=O)O. The summed E-state index contributed by atoms with van der Waals surface area (Å²) in [5.74, 6) is -1.97. The zero-order valence-electron chi connectivity index (χ0n) is 11.9. The fourth-order valence-electron chi connectivity index (χ4n) is 2.20. The van der Waals surface area contributed by atoms with Crippen LogP contribution in [0.4, 0.5) is 0 Å². The topological polar surface area (TPSA) is 95.9 Å². The molecule has 7 heteroatoms. The third-order valence-electron chi connectivity index (χ3n) is 3.34. The van der Waals surface area contributed by atoms with Gasteiger partial charge >= 0.3 is 5.97 Å². The Bertz CT molecular complexity index is 372. The third-order valence-corrected chi connectivity index (χ3v) is 3.34. The summed E-state index contributed by atoms with van der Waals surface area (Å²) in [4.78, 5) is 36.3. The minimum atomic E-state index is -1.04. The minimum absolute atomic E-state index is 0.0930. The molecule has 0 radical (unpaired) electrons. The van der Waals surface area contributed by atoms with Crippen molar-refractivity contribution >= 4 is 17.8 Å². The fraction of sp³-hybridized carbons (Fsp3) is 0.769. The van der Waals surface area contributed by atoms with E-state index < -0.39 is 17.9 Å². The van der Waals surface area contributed by atoms with Gasteiger partial charge in [-0.05, 0) is 6.42 Å². The highest BCUT2D eigenvalue weighted by molar-refractivity contribution is 5.91. The predicted molar refractivity (Wildman–Crippen MR) is 71.0 cm³/mol. The number of hydrogen-bond donors (Lipinski definition) is 2. The molecule has 1 heterocycles. The van der Waals surface area contributed by atoms with E-state index in [-0.39, 0.29) is 18.2 Å². The molecule has 7 nitrogen and oxygen atoms in total. The predicted octanol–water partition coefficient (Wildman–Crippen LogP) is -0.149. The number of carbonyl (C=O) groups excluding carboxylic acids is 2. The number of carboxylic acid groups (broad SMARTS) is 1. The van der Waals surface area contributed by atoms with Crippen LogP contribution in [0.5, 0.6) is 0 Å². The van der Waals surface area contributed by atoms with Crippen LogP contribution in [0.1, 0.15) is 26.2 Å². The number of nitrogens with zero attached hydrogens (tertiary/aromatic N) is 1. The van der Waals surface area contributed by atoms with E-state index >= 15 is 0 Å². The Labute approximate surface area is 118 Å². The molecule has 1 fully saturated rings. The van der Waals surface area contributed by atoms with Gasteiger partial charge in [0.1, 0.15) is 6.04 Å². The van der Waals surface area contributed by atoms with E-state index in [9.17, 15) is 14.4 Å². The molecule has 1 rings (SSSR count). The molecule has 2 N–H and O–H groups in total. The van der Waals surface area contributed by atoms with Crippen LogP contribution in [-0.2, 0) is 19.1 Å². The molecule has 114 valence electrons. The van der Waals surface area contributed by atoms with Crippen molar-refractivity contribution in [2.75, 3.05) is 26.8 Å². The second-order valence-electron chi connectivity index (χ2n) is 4.92. The van der Waals surface area contributed by atoms with E-state index in [4.69, 9.17) is 9.84 Å². The molecule has 1 aliphatic heterocycles. The standard InChI is InChI=1S/C13H22N2O5/c1-3-4-10(13(18)19)14-12(17)9-7-11(16)15(8-9)5-6-20-2/h9-10H,3-8H2,1-2H3,(H,14,17)(H,18,19)/t9?,10-/m0/s1. The van der Waals surface area contributed by atoms with Crippen LogP contribution >= 0.6 is 0 Å². The van der Waals surface area contributed by atoms with Gasteiger partial charge in [-0.3, -0.25) is 9.59 Å². The summed E-state index contributed by atoms with van der Waals surface area (Å²) >= 11 is 0. The van der Waals surface area contributed by atoms with Crippen LogP contribution in [0.2, 0.25) is 0 Å². The van der Waals surface area contributed by atoms with Crippen LogP contribution in [0.3, 0.4) is 0 Å². The van der Waals surface area contributed by atoms with Gasteiger partial charge in [0.25, 0.3) is 0 Å². The highest BCUT2D eigenvalue weighted by Gasteiger charge is 2.35. The summed E-state index contributed by atoms with van der Waals surface area (Å²) in [6.07, 6.45) is 1.18. The van der Waals surface area contributed by atoms with Crippen molar-refractivity contribution in [3.63, 3.8) is 0 Å². The van der Waals surface area contributed by atoms with Crippen molar-refractivity contribution in [1.29, 1.82) is 0 Å². The first-order chi connectivity index (χ1) is 9.49. The second kappa shape index (κ2) is 7.84. The molecule has 0 aliphatic carbocycles. The Morgan fingerprint density at radius 1 is 1.55 bits per heavy atom. The van der Waals surface area contributed by atoms with Crippen LogP contribution in [0.25, 0.3) is 0 Å². The van der Waals surface area contributed by atoms with Crippen LogP contribution in [0, 0.1) is 5.92 Å².